The molecule has 0 aliphatic heterocycles. The minimum absolute atomic E-state index is 0.117. The SMILES string of the molecule is CC(C)(c1ccc(NC(=O)NC2CCCCC2)cc1)c1ccc(C(C)(C)c2ccc(NC(=O)NC3CCCCC3)cc2)cc1. The first kappa shape index (κ1) is 31.6. The summed E-state index contributed by atoms with van der Waals surface area (Å²) < 4.78 is 0. The summed E-state index contributed by atoms with van der Waals surface area (Å²) >= 11 is 0. The number of carbonyl (C=O) groups excluding carboxylic acids is 2. The summed E-state index contributed by atoms with van der Waals surface area (Å²) in [4.78, 5) is 25.0. The predicted octanol–water partition coefficient (Wildman–Crippen LogP) is 9.25. The third-order valence-corrected chi connectivity index (χ3v) is 9.94. The van der Waals surface area contributed by atoms with Gasteiger partial charge >= 0.3 is 12.1 Å². The van der Waals surface area contributed by atoms with Gasteiger partial charge in [-0.2, -0.15) is 0 Å². The van der Waals surface area contributed by atoms with Crippen LogP contribution >= 0.6 is 0 Å². The maximum Gasteiger partial charge on any atom is 0.319 e. The fourth-order valence-corrected chi connectivity index (χ4v) is 6.78. The van der Waals surface area contributed by atoms with Crippen LogP contribution in [0.4, 0.5) is 21.0 Å². The number of anilines is 2. The van der Waals surface area contributed by atoms with Gasteiger partial charge < -0.3 is 21.3 Å². The highest BCUT2D eigenvalue weighted by molar-refractivity contribution is 5.90. The van der Waals surface area contributed by atoms with Crippen molar-refractivity contribution < 1.29 is 9.59 Å². The average molecular weight is 595 g/mol. The molecule has 0 bridgehead atoms. The van der Waals surface area contributed by atoms with Gasteiger partial charge in [-0.15, -0.1) is 0 Å². The number of benzene rings is 3. The Kier molecular flexibility index (Phi) is 9.97. The van der Waals surface area contributed by atoms with Crippen molar-refractivity contribution in [3.8, 4) is 0 Å². The number of urea groups is 2. The molecule has 5 rings (SSSR count). The molecule has 0 radical (unpaired) electrons. The minimum Gasteiger partial charge on any atom is -0.335 e. The molecule has 234 valence electrons. The number of hydrogen-bond acceptors (Lipinski definition) is 2. The van der Waals surface area contributed by atoms with Crippen LogP contribution in [0.2, 0.25) is 0 Å². The summed E-state index contributed by atoms with van der Waals surface area (Å²) in [5.41, 5.74) is 6.07. The molecule has 0 spiro atoms. The predicted molar refractivity (Wildman–Crippen MR) is 182 cm³/mol. The van der Waals surface area contributed by atoms with E-state index < -0.39 is 0 Å². The van der Waals surface area contributed by atoms with E-state index in [0.29, 0.717) is 0 Å². The van der Waals surface area contributed by atoms with Gasteiger partial charge in [0.15, 0.2) is 0 Å². The van der Waals surface area contributed by atoms with E-state index in [9.17, 15) is 9.59 Å². The molecule has 3 aromatic carbocycles. The molecule has 0 aromatic heterocycles. The van der Waals surface area contributed by atoms with Crippen LogP contribution in [0.5, 0.6) is 0 Å². The van der Waals surface area contributed by atoms with Crippen molar-refractivity contribution in [2.45, 2.75) is 115 Å². The third kappa shape index (κ3) is 7.82. The van der Waals surface area contributed by atoms with Gasteiger partial charge in [-0.3, -0.25) is 0 Å². The molecular weight excluding hydrogens is 544 g/mol. The molecule has 6 heteroatoms. The smallest absolute Gasteiger partial charge is 0.319 e. The first-order chi connectivity index (χ1) is 21.1. The monoisotopic (exact) mass is 594 g/mol. The fraction of sp³-hybridized carbons (Fsp3) is 0.474. The van der Waals surface area contributed by atoms with Gasteiger partial charge in [-0.25, -0.2) is 9.59 Å². The second-order valence-electron chi connectivity index (χ2n) is 13.8. The van der Waals surface area contributed by atoms with E-state index in [1.165, 1.54) is 60.8 Å². The summed E-state index contributed by atoms with van der Waals surface area (Å²) in [6.07, 6.45) is 11.6. The highest BCUT2D eigenvalue weighted by Crippen LogP contribution is 2.36. The fourth-order valence-electron chi connectivity index (χ4n) is 6.78. The van der Waals surface area contributed by atoms with Crippen LogP contribution < -0.4 is 21.3 Å². The average Bonchev–Trinajstić information content (AvgIpc) is 3.02. The van der Waals surface area contributed by atoms with Gasteiger partial charge in [0.1, 0.15) is 0 Å². The number of carbonyl (C=O) groups is 2. The van der Waals surface area contributed by atoms with Crippen LogP contribution in [0.1, 0.15) is 114 Å². The Morgan fingerprint density at radius 1 is 0.477 bits per heavy atom. The van der Waals surface area contributed by atoms with Crippen molar-refractivity contribution >= 4 is 23.4 Å². The molecule has 4 amide bonds. The topological polar surface area (TPSA) is 82.3 Å². The van der Waals surface area contributed by atoms with Gasteiger partial charge in [0.25, 0.3) is 0 Å². The molecule has 3 aromatic rings. The van der Waals surface area contributed by atoms with Crippen LogP contribution in [0.25, 0.3) is 0 Å². The zero-order valence-corrected chi connectivity index (χ0v) is 27.0. The maximum absolute atomic E-state index is 12.5. The summed E-state index contributed by atoms with van der Waals surface area (Å²) in [7, 11) is 0. The van der Waals surface area contributed by atoms with E-state index in [1.807, 2.05) is 24.3 Å². The van der Waals surface area contributed by atoms with E-state index >= 15 is 0 Å². The van der Waals surface area contributed by atoms with Crippen LogP contribution in [0.15, 0.2) is 72.8 Å². The van der Waals surface area contributed by atoms with Crippen LogP contribution in [-0.2, 0) is 10.8 Å². The van der Waals surface area contributed by atoms with Gasteiger partial charge in [-0.05, 0) is 72.2 Å². The largest absolute Gasteiger partial charge is 0.335 e. The number of amides is 4. The first-order valence-corrected chi connectivity index (χ1v) is 16.6. The normalized spacial score (nSPS) is 16.6. The molecule has 2 saturated carbocycles. The lowest BCUT2D eigenvalue weighted by Gasteiger charge is -2.30. The Bertz CT molecular complexity index is 1270. The van der Waals surface area contributed by atoms with E-state index in [4.69, 9.17) is 0 Å². The molecule has 2 aliphatic carbocycles. The number of hydrogen-bond donors (Lipinski definition) is 4. The zero-order valence-electron chi connectivity index (χ0n) is 27.0. The molecular formula is C38H50N4O2. The summed E-state index contributed by atoms with van der Waals surface area (Å²) in [5.74, 6) is 0. The molecule has 0 unspecified atom stereocenters. The van der Waals surface area contributed by atoms with Crippen molar-refractivity contribution in [3.05, 3.63) is 95.1 Å². The van der Waals surface area contributed by atoms with Crippen molar-refractivity contribution in [3.63, 3.8) is 0 Å². The van der Waals surface area contributed by atoms with E-state index in [0.717, 1.165) is 37.1 Å². The Morgan fingerprint density at radius 2 is 0.750 bits per heavy atom. The van der Waals surface area contributed by atoms with Gasteiger partial charge in [0.2, 0.25) is 0 Å². The van der Waals surface area contributed by atoms with Crippen molar-refractivity contribution in [1.82, 2.24) is 10.6 Å². The van der Waals surface area contributed by atoms with Crippen molar-refractivity contribution in [1.29, 1.82) is 0 Å². The minimum atomic E-state index is -0.197. The van der Waals surface area contributed by atoms with Crippen molar-refractivity contribution in [2.24, 2.45) is 0 Å². The Labute approximate surface area is 263 Å². The lowest BCUT2D eigenvalue weighted by Crippen LogP contribution is -2.39. The Balaban J connectivity index is 1.19. The van der Waals surface area contributed by atoms with Crippen LogP contribution in [0.3, 0.4) is 0 Å². The summed E-state index contributed by atoms with van der Waals surface area (Å²) in [6, 6.07) is 25.7. The lowest BCUT2D eigenvalue weighted by molar-refractivity contribution is 0.243. The summed E-state index contributed by atoms with van der Waals surface area (Å²) in [6.45, 7) is 8.95. The molecule has 44 heavy (non-hydrogen) atoms. The van der Waals surface area contributed by atoms with Gasteiger partial charge in [-0.1, -0.05) is 115 Å². The molecule has 2 aliphatic rings. The second-order valence-corrected chi connectivity index (χ2v) is 13.8. The molecule has 0 saturated heterocycles. The zero-order chi connectivity index (χ0) is 31.2. The second kappa shape index (κ2) is 13.9. The highest BCUT2D eigenvalue weighted by atomic mass is 16.2. The molecule has 0 atom stereocenters. The van der Waals surface area contributed by atoms with E-state index in [2.05, 4.69) is 97.5 Å². The van der Waals surface area contributed by atoms with Crippen LogP contribution in [-0.4, -0.2) is 24.1 Å². The van der Waals surface area contributed by atoms with Gasteiger partial charge in [0, 0.05) is 34.3 Å². The quantitative estimate of drug-likeness (QED) is 0.210. The number of rotatable bonds is 8. The first-order valence-electron chi connectivity index (χ1n) is 16.6. The van der Waals surface area contributed by atoms with Crippen molar-refractivity contribution in [2.75, 3.05) is 10.6 Å². The summed E-state index contributed by atoms with van der Waals surface area (Å²) in [5, 5.41) is 12.2. The molecule has 2 fully saturated rings. The third-order valence-electron chi connectivity index (χ3n) is 9.94. The molecule has 6 nitrogen and oxygen atoms in total. The standard InChI is InChI=1S/C38H50N4O2/c1-37(2,29-19-23-33(24-20-29)41-35(43)39-31-11-7-5-8-12-31)27-15-17-28(18-16-27)38(3,4)30-21-25-34(26-22-30)42-36(44)40-32-13-9-6-10-14-32/h15-26,31-32H,5-14H2,1-4H3,(H2,39,41,43)(H2,40,42,44). The van der Waals surface area contributed by atoms with Gasteiger partial charge in [0.05, 0.1) is 0 Å². The lowest BCUT2D eigenvalue weighted by atomic mass is 9.74. The molecule has 4 N–H and O–H groups in total. The Morgan fingerprint density at radius 3 is 1.05 bits per heavy atom. The number of nitrogens with one attached hydrogen (secondary N) is 4. The van der Waals surface area contributed by atoms with E-state index in [-0.39, 0.29) is 35.0 Å². The van der Waals surface area contributed by atoms with Crippen LogP contribution in [0, 0.1) is 0 Å². The molecule has 0 heterocycles. The Hall–Kier alpha value is -3.80. The van der Waals surface area contributed by atoms with E-state index in [1.54, 1.807) is 0 Å². The highest BCUT2D eigenvalue weighted by Gasteiger charge is 2.27. The maximum atomic E-state index is 12.5.